The zero-order valence-electron chi connectivity index (χ0n) is 10.3. The molecular formula is C11H18N6. The topological polar surface area (TPSA) is 60.6 Å². The van der Waals surface area contributed by atoms with Crippen molar-refractivity contribution >= 4 is 0 Å². The summed E-state index contributed by atoms with van der Waals surface area (Å²) in [5.41, 5.74) is 1.20. The van der Waals surface area contributed by atoms with Crippen LogP contribution < -0.4 is 5.32 Å². The number of aryl methyl sites for hydroxylation is 3. The maximum atomic E-state index is 4.39. The van der Waals surface area contributed by atoms with Crippen LogP contribution in [0.15, 0.2) is 18.6 Å². The molecule has 0 amide bonds. The van der Waals surface area contributed by atoms with E-state index < -0.39 is 0 Å². The third kappa shape index (κ3) is 3.13. The summed E-state index contributed by atoms with van der Waals surface area (Å²) in [5, 5.41) is 11.7. The molecule has 0 unspecified atom stereocenters. The molecule has 0 aliphatic carbocycles. The second-order valence-corrected chi connectivity index (χ2v) is 3.90. The van der Waals surface area contributed by atoms with Gasteiger partial charge in [-0.3, -0.25) is 9.36 Å². The normalized spacial score (nSPS) is 10.9. The minimum Gasteiger partial charge on any atom is -0.310 e. The van der Waals surface area contributed by atoms with Crippen LogP contribution in [0, 0.1) is 0 Å². The van der Waals surface area contributed by atoms with Crippen molar-refractivity contribution in [1.29, 1.82) is 0 Å². The molecule has 0 saturated carbocycles. The second-order valence-electron chi connectivity index (χ2n) is 3.90. The summed E-state index contributed by atoms with van der Waals surface area (Å²) >= 11 is 0. The molecular weight excluding hydrogens is 216 g/mol. The molecule has 0 bridgehead atoms. The fourth-order valence-corrected chi connectivity index (χ4v) is 1.63. The average molecular weight is 234 g/mol. The van der Waals surface area contributed by atoms with E-state index in [1.165, 1.54) is 5.69 Å². The second kappa shape index (κ2) is 5.58. The van der Waals surface area contributed by atoms with Crippen LogP contribution >= 0.6 is 0 Å². The monoisotopic (exact) mass is 234 g/mol. The molecule has 0 aliphatic heterocycles. The van der Waals surface area contributed by atoms with E-state index in [0.717, 1.165) is 31.9 Å². The Morgan fingerprint density at radius 1 is 1.41 bits per heavy atom. The lowest BCUT2D eigenvalue weighted by molar-refractivity contribution is 0.573. The Bertz CT molecular complexity index is 458. The van der Waals surface area contributed by atoms with E-state index in [-0.39, 0.29) is 0 Å². The summed E-state index contributed by atoms with van der Waals surface area (Å²) in [6.07, 6.45) is 4.51. The molecule has 2 heterocycles. The highest BCUT2D eigenvalue weighted by atomic mass is 15.3. The maximum Gasteiger partial charge on any atom is 0.164 e. The summed E-state index contributed by atoms with van der Waals surface area (Å²) in [6.45, 7) is 4.57. The number of aromatic nitrogens is 5. The van der Waals surface area contributed by atoms with Crippen LogP contribution in [0.2, 0.25) is 0 Å². The lowest BCUT2D eigenvalue weighted by Gasteiger charge is -2.01. The molecule has 2 aromatic heterocycles. The quantitative estimate of drug-likeness (QED) is 0.784. The highest BCUT2D eigenvalue weighted by molar-refractivity contribution is 4.99. The Hall–Kier alpha value is -1.69. The summed E-state index contributed by atoms with van der Waals surface area (Å²) in [4.78, 5) is 4.24. The van der Waals surface area contributed by atoms with Gasteiger partial charge in [0.15, 0.2) is 5.82 Å². The van der Waals surface area contributed by atoms with Gasteiger partial charge >= 0.3 is 0 Å². The van der Waals surface area contributed by atoms with Crippen molar-refractivity contribution in [2.24, 2.45) is 7.05 Å². The van der Waals surface area contributed by atoms with Gasteiger partial charge in [-0.05, 0) is 12.6 Å². The molecule has 0 aromatic carbocycles. The van der Waals surface area contributed by atoms with E-state index in [0.29, 0.717) is 0 Å². The van der Waals surface area contributed by atoms with Crippen LogP contribution in [0.4, 0.5) is 0 Å². The Morgan fingerprint density at radius 3 is 3.00 bits per heavy atom. The van der Waals surface area contributed by atoms with Gasteiger partial charge in [0, 0.05) is 31.9 Å². The highest BCUT2D eigenvalue weighted by Crippen LogP contribution is 1.99. The van der Waals surface area contributed by atoms with Gasteiger partial charge in [0.2, 0.25) is 0 Å². The summed E-state index contributed by atoms with van der Waals surface area (Å²) in [5.74, 6) is 0.844. The van der Waals surface area contributed by atoms with Crippen LogP contribution in [0.5, 0.6) is 0 Å². The van der Waals surface area contributed by atoms with Crippen molar-refractivity contribution < 1.29 is 0 Å². The van der Waals surface area contributed by atoms with Gasteiger partial charge < -0.3 is 5.32 Å². The van der Waals surface area contributed by atoms with Crippen molar-refractivity contribution in [3.8, 4) is 0 Å². The fourth-order valence-electron chi connectivity index (χ4n) is 1.63. The first kappa shape index (κ1) is 11.8. The first-order valence-electron chi connectivity index (χ1n) is 5.85. The van der Waals surface area contributed by atoms with Crippen LogP contribution in [0.25, 0.3) is 0 Å². The SMILES string of the molecule is CCNCc1ncn(CCc2ccnn2C)n1. The molecule has 0 saturated heterocycles. The largest absolute Gasteiger partial charge is 0.310 e. The fraction of sp³-hybridized carbons (Fsp3) is 0.545. The number of nitrogens with zero attached hydrogens (tertiary/aromatic N) is 5. The van der Waals surface area contributed by atoms with Crippen LogP contribution in [0.1, 0.15) is 18.4 Å². The van der Waals surface area contributed by atoms with Gasteiger partial charge in [-0.2, -0.15) is 10.2 Å². The Labute approximate surface area is 101 Å². The Balaban J connectivity index is 1.87. The third-order valence-corrected chi connectivity index (χ3v) is 2.64. The first-order chi connectivity index (χ1) is 8.29. The van der Waals surface area contributed by atoms with Crippen molar-refractivity contribution in [3.05, 3.63) is 30.1 Å². The molecule has 0 spiro atoms. The molecule has 0 fully saturated rings. The molecule has 6 nitrogen and oxygen atoms in total. The van der Waals surface area contributed by atoms with E-state index in [2.05, 4.69) is 27.4 Å². The van der Waals surface area contributed by atoms with Gasteiger partial charge in [-0.1, -0.05) is 6.92 Å². The standard InChI is InChI=1S/C11H18N6/c1-3-12-8-11-13-9-17(15-11)7-5-10-4-6-14-16(10)2/h4,6,9,12H,3,5,7-8H2,1-2H3. The van der Waals surface area contributed by atoms with Crippen molar-refractivity contribution in [2.45, 2.75) is 26.4 Å². The Morgan fingerprint density at radius 2 is 2.29 bits per heavy atom. The highest BCUT2D eigenvalue weighted by Gasteiger charge is 2.02. The van der Waals surface area contributed by atoms with Gasteiger partial charge in [0.1, 0.15) is 6.33 Å². The van der Waals surface area contributed by atoms with Gasteiger partial charge in [-0.25, -0.2) is 4.98 Å². The number of hydrogen-bond acceptors (Lipinski definition) is 4. The van der Waals surface area contributed by atoms with E-state index in [1.807, 2.05) is 28.7 Å². The Kier molecular flexibility index (Phi) is 3.87. The van der Waals surface area contributed by atoms with Gasteiger partial charge in [0.25, 0.3) is 0 Å². The molecule has 0 atom stereocenters. The third-order valence-electron chi connectivity index (χ3n) is 2.64. The minimum atomic E-state index is 0.731. The molecule has 2 rings (SSSR count). The molecule has 0 radical (unpaired) electrons. The average Bonchev–Trinajstić information content (AvgIpc) is 2.93. The number of rotatable bonds is 6. The zero-order chi connectivity index (χ0) is 12.1. The van der Waals surface area contributed by atoms with Crippen LogP contribution in [-0.4, -0.2) is 31.1 Å². The van der Waals surface area contributed by atoms with E-state index in [9.17, 15) is 0 Å². The minimum absolute atomic E-state index is 0.731. The van der Waals surface area contributed by atoms with Crippen LogP contribution in [0.3, 0.4) is 0 Å². The lowest BCUT2D eigenvalue weighted by Crippen LogP contribution is -2.13. The van der Waals surface area contributed by atoms with Gasteiger partial charge in [0.05, 0.1) is 6.54 Å². The summed E-state index contributed by atoms with van der Waals surface area (Å²) < 4.78 is 3.76. The molecule has 0 aliphatic rings. The molecule has 92 valence electrons. The molecule has 1 N–H and O–H groups in total. The van der Waals surface area contributed by atoms with Crippen molar-refractivity contribution in [3.63, 3.8) is 0 Å². The van der Waals surface area contributed by atoms with Crippen LogP contribution in [-0.2, 0) is 26.6 Å². The van der Waals surface area contributed by atoms with E-state index >= 15 is 0 Å². The molecule has 6 heteroatoms. The first-order valence-corrected chi connectivity index (χ1v) is 5.85. The predicted molar refractivity (Wildman–Crippen MR) is 64.3 cm³/mol. The van der Waals surface area contributed by atoms with Gasteiger partial charge in [-0.15, -0.1) is 0 Å². The van der Waals surface area contributed by atoms with E-state index in [1.54, 1.807) is 6.33 Å². The van der Waals surface area contributed by atoms with Crippen molar-refractivity contribution in [1.82, 2.24) is 29.9 Å². The number of nitrogens with one attached hydrogen (secondary N) is 1. The smallest absolute Gasteiger partial charge is 0.164 e. The predicted octanol–water partition coefficient (Wildman–Crippen LogP) is 0.364. The van der Waals surface area contributed by atoms with Crippen molar-refractivity contribution in [2.75, 3.05) is 6.54 Å². The lowest BCUT2D eigenvalue weighted by atomic mass is 10.3. The summed E-state index contributed by atoms with van der Waals surface area (Å²) in [7, 11) is 1.95. The maximum absolute atomic E-state index is 4.39. The molecule has 2 aromatic rings. The van der Waals surface area contributed by atoms with E-state index in [4.69, 9.17) is 0 Å². The number of hydrogen-bond donors (Lipinski definition) is 1. The zero-order valence-corrected chi connectivity index (χ0v) is 10.3. The summed E-state index contributed by atoms with van der Waals surface area (Å²) in [6, 6.07) is 2.02. The molecule has 17 heavy (non-hydrogen) atoms.